The summed E-state index contributed by atoms with van der Waals surface area (Å²) in [4.78, 5) is 0. The Balaban J connectivity index is 1.71. The van der Waals surface area contributed by atoms with Crippen LogP contribution in [0.1, 0.15) is 52.5 Å². The number of aryl methyl sites for hydroxylation is 1. The van der Waals surface area contributed by atoms with Gasteiger partial charge < -0.3 is 9.73 Å². The van der Waals surface area contributed by atoms with Gasteiger partial charge >= 0.3 is 0 Å². The lowest BCUT2D eigenvalue weighted by Gasteiger charge is -2.37. The third-order valence-electron chi connectivity index (χ3n) is 6.03. The summed E-state index contributed by atoms with van der Waals surface area (Å²) in [6.45, 7) is 14.5. The fourth-order valence-corrected chi connectivity index (χ4v) is 4.24. The molecule has 0 spiro atoms. The Morgan fingerprint density at radius 1 is 1.07 bits per heavy atom. The van der Waals surface area contributed by atoms with Crippen molar-refractivity contribution in [1.82, 2.24) is 15.5 Å². The lowest BCUT2D eigenvalue weighted by atomic mass is 9.70. The summed E-state index contributed by atoms with van der Waals surface area (Å²) in [5, 5.41) is 12.2. The zero-order valence-electron chi connectivity index (χ0n) is 18.2. The first-order chi connectivity index (χ1) is 13.3. The van der Waals surface area contributed by atoms with Crippen LogP contribution in [0.5, 0.6) is 0 Å². The molecule has 0 saturated carbocycles. The summed E-state index contributed by atoms with van der Waals surface area (Å²) < 4.78 is 6.00. The average Bonchev–Trinajstić information content (AvgIpc) is 3.10. The van der Waals surface area contributed by atoms with E-state index in [1.165, 1.54) is 17.6 Å². The molecule has 0 aliphatic heterocycles. The molecule has 4 heteroatoms. The van der Waals surface area contributed by atoms with Gasteiger partial charge in [0, 0.05) is 24.6 Å². The second-order valence-corrected chi connectivity index (χ2v) is 9.05. The van der Waals surface area contributed by atoms with Crippen molar-refractivity contribution in [2.24, 2.45) is 23.7 Å². The van der Waals surface area contributed by atoms with Crippen molar-refractivity contribution >= 4 is 0 Å². The largest absolute Gasteiger partial charge is 0.421 e. The quantitative estimate of drug-likeness (QED) is 0.649. The fourth-order valence-electron chi connectivity index (χ4n) is 4.24. The number of rotatable bonds is 7. The maximum atomic E-state index is 6.00. The van der Waals surface area contributed by atoms with E-state index in [4.69, 9.17) is 4.42 Å². The van der Waals surface area contributed by atoms with Crippen molar-refractivity contribution in [2.75, 3.05) is 6.54 Å². The van der Waals surface area contributed by atoms with Crippen LogP contribution in [0.15, 0.2) is 40.3 Å². The van der Waals surface area contributed by atoms with E-state index in [9.17, 15) is 0 Å². The Hall–Kier alpha value is -1.94. The molecule has 1 aromatic carbocycles. The van der Waals surface area contributed by atoms with Crippen LogP contribution in [0.4, 0.5) is 0 Å². The molecule has 1 aliphatic rings. The van der Waals surface area contributed by atoms with E-state index < -0.39 is 0 Å². The summed E-state index contributed by atoms with van der Waals surface area (Å²) in [7, 11) is 0. The molecule has 152 valence electrons. The highest BCUT2D eigenvalue weighted by Gasteiger charge is 2.32. The smallest absolute Gasteiger partial charge is 0.247 e. The van der Waals surface area contributed by atoms with Crippen molar-refractivity contribution in [2.45, 2.75) is 60.4 Å². The summed E-state index contributed by atoms with van der Waals surface area (Å²) in [5.41, 5.74) is 3.68. The SMILES string of the molecule is CC1=CC(CNC(C)C)C(C(C)C)CC1Cc1nnc(-c2ccc(C)cc2)o1. The van der Waals surface area contributed by atoms with Gasteiger partial charge in [-0.25, -0.2) is 0 Å². The van der Waals surface area contributed by atoms with Gasteiger partial charge in [-0.2, -0.15) is 0 Å². The predicted molar refractivity (Wildman–Crippen MR) is 115 cm³/mol. The molecule has 0 saturated heterocycles. The number of nitrogens with one attached hydrogen (secondary N) is 1. The molecule has 28 heavy (non-hydrogen) atoms. The van der Waals surface area contributed by atoms with Crippen LogP contribution in [-0.2, 0) is 6.42 Å². The monoisotopic (exact) mass is 381 g/mol. The second-order valence-electron chi connectivity index (χ2n) is 9.05. The minimum atomic E-state index is 0.481. The Morgan fingerprint density at radius 2 is 1.79 bits per heavy atom. The van der Waals surface area contributed by atoms with Crippen molar-refractivity contribution in [3.05, 3.63) is 47.4 Å². The second kappa shape index (κ2) is 9.04. The van der Waals surface area contributed by atoms with Crippen LogP contribution < -0.4 is 5.32 Å². The third kappa shape index (κ3) is 5.11. The van der Waals surface area contributed by atoms with Gasteiger partial charge in [0.15, 0.2) is 0 Å². The number of allylic oxidation sites excluding steroid dienone is 1. The molecule has 3 rings (SSSR count). The Bertz CT molecular complexity index is 788. The molecule has 0 radical (unpaired) electrons. The Morgan fingerprint density at radius 3 is 2.43 bits per heavy atom. The summed E-state index contributed by atoms with van der Waals surface area (Å²) in [6.07, 6.45) is 4.51. The van der Waals surface area contributed by atoms with Gasteiger partial charge in [0.2, 0.25) is 11.8 Å². The molecule has 1 N–H and O–H groups in total. The topological polar surface area (TPSA) is 51.0 Å². The van der Waals surface area contributed by atoms with Gasteiger partial charge in [0.05, 0.1) is 0 Å². The molecular formula is C24H35N3O. The molecule has 1 heterocycles. The molecule has 2 aromatic rings. The standard InChI is InChI=1S/C24H35N3O/c1-15(2)22-12-20(18(6)11-21(22)14-25-16(3)4)13-23-26-27-24(28-23)19-9-7-17(5)8-10-19/h7-11,15-16,20-22,25H,12-14H2,1-6H3. The van der Waals surface area contributed by atoms with Gasteiger partial charge in [-0.15, -0.1) is 10.2 Å². The van der Waals surface area contributed by atoms with E-state index in [1.54, 1.807) is 0 Å². The zero-order valence-corrected chi connectivity index (χ0v) is 18.2. The van der Waals surface area contributed by atoms with E-state index in [2.05, 4.69) is 75.3 Å². The molecule has 0 bridgehead atoms. The minimum Gasteiger partial charge on any atom is -0.421 e. The minimum absolute atomic E-state index is 0.481. The molecular weight excluding hydrogens is 346 g/mol. The first-order valence-corrected chi connectivity index (χ1v) is 10.6. The van der Waals surface area contributed by atoms with Crippen LogP contribution in [-0.4, -0.2) is 22.8 Å². The summed E-state index contributed by atoms with van der Waals surface area (Å²) in [5.74, 6) is 3.79. The number of benzene rings is 1. The van der Waals surface area contributed by atoms with E-state index in [0.717, 1.165) is 24.4 Å². The van der Waals surface area contributed by atoms with Crippen LogP contribution in [0, 0.1) is 30.6 Å². The number of hydrogen-bond acceptors (Lipinski definition) is 4. The van der Waals surface area contributed by atoms with Crippen molar-refractivity contribution in [3.8, 4) is 11.5 Å². The van der Waals surface area contributed by atoms with E-state index in [-0.39, 0.29) is 0 Å². The van der Waals surface area contributed by atoms with E-state index in [1.807, 2.05) is 12.1 Å². The van der Waals surface area contributed by atoms with Crippen molar-refractivity contribution in [3.63, 3.8) is 0 Å². The van der Waals surface area contributed by atoms with E-state index in [0.29, 0.717) is 35.6 Å². The highest BCUT2D eigenvalue weighted by molar-refractivity contribution is 5.52. The number of aromatic nitrogens is 2. The molecule has 3 unspecified atom stereocenters. The average molecular weight is 382 g/mol. The lowest BCUT2D eigenvalue weighted by Crippen LogP contribution is -2.37. The lowest BCUT2D eigenvalue weighted by molar-refractivity contribution is 0.216. The molecule has 0 amide bonds. The Kier molecular flexibility index (Phi) is 6.71. The van der Waals surface area contributed by atoms with Crippen molar-refractivity contribution in [1.29, 1.82) is 0 Å². The predicted octanol–water partition coefficient (Wildman–Crippen LogP) is 5.44. The number of hydrogen-bond donors (Lipinski definition) is 1. The van der Waals surface area contributed by atoms with Gasteiger partial charge in [0.25, 0.3) is 0 Å². The molecule has 1 aliphatic carbocycles. The normalized spacial score (nSPS) is 22.7. The maximum absolute atomic E-state index is 6.00. The third-order valence-corrected chi connectivity index (χ3v) is 6.03. The summed E-state index contributed by atoms with van der Waals surface area (Å²) in [6, 6.07) is 8.76. The van der Waals surface area contributed by atoms with Crippen molar-refractivity contribution < 1.29 is 4.42 Å². The highest BCUT2D eigenvalue weighted by Crippen LogP contribution is 2.38. The van der Waals surface area contributed by atoms with Crippen LogP contribution >= 0.6 is 0 Å². The molecule has 1 aromatic heterocycles. The van der Waals surface area contributed by atoms with Gasteiger partial charge in [-0.3, -0.25) is 0 Å². The zero-order chi connectivity index (χ0) is 20.3. The Labute approximate surface area is 169 Å². The fraction of sp³-hybridized carbons (Fsp3) is 0.583. The van der Waals surface area contributed by atoms with Gasteiger partial charge in [-0.1, -0.05) is 57.0 Å². The van der Waals surface area contributed by atoms with Gasteiger partial charge in [0.1, 0.15) is 0 Å². The van der Waals surface area contributed by atoms with Gasteiger partial charge in [-0.05, 0) is 56.1 Å². The first-order valence-electron chi connectivity index (χ1n) is 10.6. The first kappa shape index (κ1) is 20.8. The summed E-state index contributed by atoms with van der Waals surface area (Å²) >= 11 is 0. The molecule has 4 nitrogen and oxygen atoms in total. The van der Waals surface area contributed by atoms with Crippen LogP contribution in [0.2, 0.25) is 0 Å². The van der Waals surface area contributed by atoms with E-state index >= 15 is 0 Å². The van der Waals surface area contributed by atoms with Crippen LogP contribution in [0.25, 0.3) is 11.5 Å². The molecule has 0 fully saturated rings. The highest BCUT2D eigenvalue weighted by atomic mass is 16.4. The maximum Gasteiger partial charge on any atom is 0.247 e. The molecule has 3 atom stereocenters. The number of nitrogens with zero attached hydrogens (tertiary/aromatic N) is 2. The van der Waals surface area contributed by atoms with Crippen LogP contribution in [0.3, 0.4) is 0 Å².